The van der Waals surface area contributed by atoms with Gasteiger partial charge in [-0.3, -0.25) is 0 Å². The SMILES string of the molecule is Cc1cc2c3c(c1)-n1c4ccccc4c4cccc(c41)B3N(c1ccccc1C)c1cc3sc4ccccc4c3cc1-2. The van der Waals surface area contributed by atoms with Crippen molar-refractivity contribution in [1.82, 2.24) is 4.57 Å². The average molecular weight is 553 g/mol. The van der Waals surface area contributed by atoms with Crippen molar-refractivity contribution in [3.05, 3.63) is 126 Å². The van der Waals surface area contributed by atoms with E-state index in [4.69, 9.17) is 0 Å². The van der Waals surface area contributed by atoms with E-state index in [9.17, 15) is 0 Å². The van der Waals surface area contributed by atoms with Crippen LogP contribution in [0.5, 0.6) is 0 Å². The lowest BCUT2D eigenvalue weighted by Crippen LogP contribution is -2.60. The molecule has 42 heavy (non-hydrogen) atoms. The zero-order valence-corrected chi connectivity index (χ0v) is 24.2. The van der Waals surface area contributed by atoms with E-state index >= 15 is 0 Å². The van der Waals surface area contributed by atoms with E-state index in [1.807, 2.05) is 11.3 Å². The molecule has 8 aromatic rings. The molecule has 0 atom stereocenters. The van der Waals surface area contributed by atoms with Crippen LogP contribution in [0.1, 0.15) is 11.1 Å². The fraction of sp³-hybridized carbons (Fsp3) is 0.0526. The third kappa shape index (κ3) is 2.76. The van der Waals surface area contributed by atoms with Crippen molar-refractivity contribution < 1.29 is 0 Å². The Hall–Kier alpha value is -4.80. The highest BCUT2D eigenvalue weighted by atomic mass is 32.1. The predicted octanol–water partition coefficient (Wildman–Crippen LogP) is 9.01. The minimum absolute atomic E-state index is 0.0662. The number of anilines is 2. The van der Waals surface area contributed by atoms with Crippen LogP contribution in [0, 0.1) is 13.8 Å². The molecule has 4 heteroatoms. The second-order valence-electron chi connectivity index (χ2n) is 11.9. The number of nitrogens with zero attached hydrogens (tertiary/aromatic N) is 2. The fourth-order valence-corrected chi connectivity index (χ4v) is 8.95. The van der Waals surface area contributed by atoms with Crippen LogP contribution < -0.4 is 15.7 Å². The normalized spacial score (nSPS) is 13.4. The number of fused-ring (bicyclic) bond motifs is 10. The molecule has 10 rings (SSSR count). The molecule has 0 saturated heterocycles. The van der Waals surface area contributed by atoms with Crippen LogP contribution in [0.4, 0.5) is 11.4 Å². The number of para-hydroxylation sites is 3. The van der Waals surface area contributed by atoms with Crippen LogP contribution in [-0.2, 0) is 0 Å². The van der Waals surface area contributed by atoms with Crippen molar-refractivity contribution in [1.29, 1.82) is 0 Å². The number of benzene rings is 6. The highest BCUT2D eigenvalue weighted by molar-refractivity contribution is 7.25. The number of aromatic nitrogens is 1. The van der Waals surface area contributed by atoms with Crippen molar-refractivity contribution in [2.24, 2.45) is 0 Å². The quantitative estimate of drug-likeness (QED) is 0.185. The molecule has 6 aromatic carbocycles. The van der Waals surface area contributed by atoms with E-state index in [2.05, 4.69) is 138 Å². The van der Waals surface area contributed by atoms with Gasteiger partial charge in [0.25, 0.3) is 0 Å². The third-order valence-corrected chi connectivity index (χ3v) is 10.6. The van der Waals surface area contributed by atoms with E-state index in [1.165, 1.54) is 92.2 Å². The molecule has 0 radical (unpaired) electrons. The molecule has 2 aliphatic heterocycles. The number of aryl methyl sites for hydroxylation is 2. The standard InChI is InChI=1S/C38H25BN2S/c1-22-18-29-27-20-28-25-12-5-8-17-35(25)42-36(28)21-33(27)41(31-15-6-3-10-23(31)2)39-30-14-9-13-26-24-11-4-7-16-32(24)40(38(26)30)34(19-22)37(29)39/h3-21H,1-2H3. The summed E-state index contributed by atoms with van der Waals surface area (Å²) in [7, 11) is 0. The summed E-state index contributed by atoms with van der Waals surface area (Å²) >= 11 is 1.90. The molecule has 0 saturated carbocycles. The van der Waals surface area contributed by atoms with Gasteiger partial charge in [-0.05, 0) is 77.9 Å². The first-order valence-corrected chi connectivity index (χ1v) is 15.5. The van der Waals surface area contributed by atoms with Gasteiger partial charge in [0.1, 0.15) is 0 Å². The molecule has 0 unspecified atom stereocenters. The molecule has 0 fully saturated rings. The molecular formula is C38H25BN2S. The van der Waals surface area contributed by atoms with E-state index in [0.29, 0.717) is 0 Å². The lowest BCUT2D eigenvalue weighted by atomic mass is 9.44. The summed E-state index contributed by atoms with van der Waals surface area (Å²) in [5.74, 6) is 0. The summed E-state index contributed by atoms with van der Waals surface area (Å²) < 4.78 is 5.23. The maximum absolute atomic E-state index is 2.64. The van der Waals surface area contributed by atoms with Gasteiger partial charge >= 0.3 is 6.85 Å². The van der Waals surface area contributed by atoms with Gasteiger partial charge in [0, 0.05) is 53.6 Å². The van der Waals surface area contributed by atoms with Gasteiger partial charge in [-0.25, -0.2) is 0 Å². The fourth-order valence-electron chi connectivity index (χ4n) is 7.83. The van der Waals surface area contributed by atoms with Crippen LogP contribution in [-0.4, -0.2) is 11.4 Å². The van der Waals surface area contributed by atoms with Crippen LogP contribution in [0.15, 0.2) is 115 Å². The molecule has 0 aliphatic carbocycles. The first-order valence-electron chi connectivity index (χ1n) is 14.6. The third-order valence-electron chi connectivity index (χ3n) is 9.52. The minimum atomic E-state index is 0.0662. The molecule has 0 amide bonds. The predicted molar refractivity (Wildman–Crippen MR) is 182 cm³/mol. The van der Waals surface area contributed by atoms with Crippen LogP contribution in [0.25, 0.3) is 58.8 Å². The first kappa shape index (κ1) is 22.8. The number of rotatable bonds is 1. The van der Waals surface area contributed by atoms with Crippen molar-refractivity contribution in [2.45, 2.75) is 13.8 Å². The largest absolute Gasteiger partial charge is 0.376 e. The summed E-state index contributed by atoms with van der Waals surface area (Å²) in [6, 6.07) is 43.3. The van der Waals surface area contributed by atoms with Crippen LogP contribution in [0.2, 0.25) is 0 Å². The molecule has 0 N–H and O–H groups in total. The van der Waals surface area contributed by atoms with Crippen LogP contribution in [0.3, 0.4) is 0 Å². The monoisotopic (exact) mass is 552 g/mol. The number of hydrogen-bond acceptors (Lipinski definition) is 2. The molecule has 4 heterocycles. The van der Waals surface area contributed by atoms with Gasteiger partial charge in [0.15, 0.2) is 0 Å². The van der Waals surface area contributed by atoms with Crippen molar-refractivity contribution in [3.8, 4) is 16.8 Å². The first-order chi connectivity index (χ1) is 20.7. The molecule has 196 valence electrons. The van der Waals surface area contributed by atoms with E-state index in [0.717, 1.165) is 0 Å². The number of thiophene rings is 1. The Morgan fingerprint density at radius 2 is 1.36 bits per heavy atom. The van der Waals surface area contributed by atoms with Crippen molar-refractivity contribution >= 4 is 82.5 Å². The molecule has 2 aromatic heterocycles. The second-order valence-corrected chi connectivity index (χ2v) is 12.9. The van der Waals surface area contributed by atoms with Crippen LogP contribution >= 0.6 is 11.3 Å². The van der Waals surface area contributed by atoms with Crippen molar-refractivity contribution in [3.63, 3.8) is 0 Å². The molecule has 0 bridgehead atoms. The Morgan fingerprint density at radius 1 is 0.571 bits per heavy atom. The maximum Gasteiger partial charge on any atom is 0.333 e. The summed E-state index contributed by atoms with van der Waals surface area (Å²) in [6.45, 7) is 4.57. The Labute approximate surface area is 248 Å². The zero-order chi connectivity index (χ0) is 27.7. The topological polar surface area (TPSA) is 8.17 Å². The highest BCUT2D eigenvalue weighted by Gasteiger charge is 2.44. The van der Waals surface area contributed by atoms with E-state index < -0.39 is 0 Å². The Bertz CT molecular complexity index is 2460. The zero-order valence-electron chi connectivity index (χ0n) is 23.3. The molecular weight excluding hydrogens is 527 g/mol. The summed E-state index contributed by atoms with van der Waals surface area (Å²) in [4.78, 5) is 2.64. The van der Waals surface area contributed by atoms with Gasteiger partial charge in [0.2, 0.25) is 0 Å². The lowest BCUT2D eigenvalue weighted by Gasteiger charge is -2.43. The number of hydrogen-bond donors (Lipinski definition) is 0. The molecule has 0 spiro atoms. The maximum atomic E-state index is 2.64. The Morgan fingerprint density at radius 3 is 2.26 bits per heavy atom. The van der Waals surface area contributed by atoms with Gasteiger partial charge in [-0.1, -0.05) is 78.9 Å². The second kappa shape index (κ2) is 7.93. The molecule has 2 aliphatic rings. The summed E-state index contributed by atoms with van der Waals surface area (Å²) in [5.41, 5.74) is 14.5. The molecule has 2 nitrogen and oxygen atoms in total. The Balaban J connectivity index is 1.43. The highest BCUT2D eigenvalue weighted by Crippen LogP contribution is 2.48. The average Bonchev–Trinajstić information content (AvgIpc) is 3.55. The van der Waals surface area contributed by atoms with E-state index in [-0.39, 0.29) is 6.85 Å². The van der Waals surface area contributed by atoms with Gasteiger partial charge in [-0.2, -0.15) is 0 Å². The van der Waals surface area contributed by atoms with Crippen molar-refractivity contribution in [2.75, 3.05) is 4.81 Å². The summed E-state index contributed by atoms with van der Waals surface area (Å²) in [5, 5.41) is 5.33. The minimum Gasteiger partial charge on any atom is -0.376 e. The Kier molecular flexibility index (Phi) is 4.32. The summed E-state index contributed by atoms with van der Waals surface area (Å²) in [6.07, 6.45) is 0. The van der Waals surface area contributed by atoms with Gasteiger partial charge in [0.05, 0.1) is 11.0 Å². The lowest BCUT2D eigenvalue weighted by molar-refractivity contribution is 1.17. The smallest absolute Gasteiger partial charge is 0.333 e. The van der Waals surface area contributed by atoms with E-state index in [1.54, 1.807) is 0 Å². The van der Waals surface area contributed by atoms with Gasteiger partial charge < -0.3 is 9.38 Å². The van der Waals surface area contributed by atoms with Gasteiger partial charge in [-0.15, -0.1) is 11.3 Å².